The molecule has 0 bridgehead atoms. The van der Waals surface area contributed by atoms with Crippen LogP contribution >= 0.6 is 0 Å². The fraction of sp³-hybridized carbons (Fsp3) is 0.375. The molecular formula is C32H34F2N4O. The van der Waals surface area contributed by atoms with Gasteiger partial charge >= 0.3 is 0 Å². The van der Waals surface area contributed by atoms with Crippen LogP contribution in [0.4, 0.5) is 8.78 Å². The van der Waals surface area contributed by atoms with Gasteiger partial charge in [-0.15, -0.1) is 0 Å². The number of hydrogen-bond acceptors (Lipinski definition) is 3. The number of aromatic nitrogens is 2. The van der Waals surface area contributed by atoms with E-state index in [1.54, 1.807) is 4.90 Å². The molecule has 2 aliphatic rings. The Morgan fingerprint density at radius 3 is 2.33 bits per heavy atom. The highest BCUT2D eigenvalue weighted by Gasteiger charge is 2.34. The third kappa shape index (κ3) is 5.20. The molecule has 1 atom stereocenters. The summed E-state index contributed by atoms with van der Waals surface area (Å²) in [5, 5.41) is 0. The Morgan fingerprint density at radius 1 is 0.795 bits per heavy atom. The molecule has 202 valence electrons. The van der Waals surface area contributed by atoms with Crippen LogP contribution < -0.4 is 0 Å². The van der Waals surface area contributed by atoms with Crippen LogP contribution in [0.5, 0.6) is 0 Å². The van der Waals surface area contributed by atoms with Crippen LogP contribution in [0.25, 0.3) is 11.0 Å². The molecule has 2 aliphatic heterocycles. The van der Waals surface area contributed by atoms with Gasteiger partial charge < -0.3 is 9.47 Å². The van der Waals surface area contributed by atoms with Crippen molar-refractivity contribution in [2.45, 2.75) is 57.7 Å². The Hall–Kier alpha value is -3.58. The van der Waals surface area contributed by atoms with E-state index in [2.05, 4.69) is 39.8 Å². The number of rotatable bonds is 6. The van der Waals surface area contributed by atoms with Crippen molar-refractivity contribution in [2.75, 3.05) is 19.6 Å². The van der Waals surface area contributed by atoms with E-state index in [9.17, 15) is 13.6 Å². The van der Waals surface area contributed by atoms with Gasteiger partial charge in [0.2, 0.25) is 0 Å². The molecule has 1 amide bonds. The standard InChI is InChI=1S/C32H34F2N4O/c33-26-14-10-13-25(30(26)34)32(39)37-20-9-6-17-29(37)31-35-27-15-4-5-16-28(27)38(31)22-24-12-3-2-11-23(24)21-36-18-7-1-8-19-36/h2-5,10-16,29H,1,6-9,17-22H2. The lowest BCUT2D eigenvalue weighted by Crippen LogP contribution is -2.40. The van der Waals surface area contributed by atoms with Gasteiger partial charge in [0.15, 0.2) is 11.6 Å². The molecule has 1 aromatic heterocycles. The molecule has 0 saturated carbocycles. The monoisotopic (exact) mass is 528 g/mol. The molecule has 39 heavy (non-hydrogen) atoms. The van der Waals surface area contributed by atoms with E-state index in [1.807, 2.05) is 18.2 Å². The molecule has 0 spiro atoms. The molecular weight excluding hydrogens is 494 g/mol. The first kappa shape index (κ1) is 25.7. The number of amides is 1. The number of para-hydroxylation sites is 2. The lowest BCUT2D eigenvalue weighted by atomic mass is 9.99. The summed E-state index contributed by atoms with van der Waals surface area (Å²) < 4.78 is 30.9. The van der Waals surface area contributed by atoms with Crippen molar-refractivity contribution in [1.29, 1.82) is 0 Å². The van der Waals surface area contributed by atoms with Gasteiger partial charge in [-0.05, 0) is 80.6 Å². The summed E-state index contributed by atoms with van der Waals surface area (Å²) in [5.74, 6) is -1.78. The van der Waals surface area contributed by atoms with Crippen LogP contribution in [0.2, 0.25) is 0 Å². The quantitative estimate of drug-likeness (QED) is 0.279. The average Bonchev–Trinajstić information content (AvgIpc) is 3.34. The Labute approximate surface area is 228 Å². The summed E-state index contributed by atoms with van der Waals surface area (Å²) in [4.78, 5) is 22.9. The Bertz CT molecular complexity index is 1480. The van der Waals surface area contributed by atoms with Crippen molar-refractivity contribution >= 4 is 16.9 Å². The number of benzene rings is 3. The SMILES string of the molecule is O=C(c1cccc(F)c1F)N1CCCCC1c1nc2ccccc2n1Cc1ccccc1CN1CCCCC1. The van der Waals surface area contributed by atoms with E-state index >= 15 is 0 Å². The molecule has 2 fully saturated rings. The Balaban J connectivity index is 1.38. The lowest BCUT2D eigenvalue weighted by Gasteiger charge is -2.36. The number of hydrogen-bond donors (Lipinski definition) is 0. The van der Waals surface area contributed by atoms with Gasteiger partial charge in [-0.2, -0.15) is 0 Å². The van der Waals surface area contributed by atoms with Crippen LogP contribution in [-0.4, -0.2) is 44.9 Å². The summed E-state index contributed by atoms with van der Waals surface area (Å²) in [6.07, 6.45) is 6.28. The predicted octanol–water partition coefficient (Wildman–Crippen LogP) is 6.72. The maximum atomic E-state index is 14.7. The number of fused-ring (bicyclic) bond motifs is 1. The van der Waals surface area contributed by atoms with E-state index < -0.39 is 17.5 Å². The van der Waals surface area contributed by atoms with Crippen molar-refractivity contribution in [3.05, 3.63) is 101 Å². The molecule has 0 radical (unpaired) electrons. The second-order valence-corrected chi connectivity index (χ2v) is 10.8. The number of likely N-dealkylation sites (tertiary alicyclic amines) is 2. The van der Waals surface area contributed by atoms with Crippen LogP contribution in [0.1, 0.15) is 71.9 Å². The van der Waals surface area contributed by atoms with E-state index in [0.29, 0.717) is 13.1 Å². The summed E-state index contributed by atoms with van der Waals surface area (Å²) >= 11 is 0. The number of carbonyl (C=O) groups is 1. The predicted molar refractivity (Wildman–Crippen MR) is 148 cm³/mol. The topological polar surface area (TPSA) is 41.4 Å². The molecule has 6 rings (SSSR count). The average molecular weight is 529 g/mol. The zero-order chi connectivity index (χ0) is 26.8. The first-order valence-corrected chi connectivity index (χ1v) is 14.1. The largest absolute Gasteiger partial charge is 0.328 e. The zero-order valence-electron chi connectivity index (χ0n) is 22.2. The van der Waals surface area contributed by atoms with Crippen molar-refractivity contribution in [3.8, 4) is 0 Å². The lowest BCUT2D eigenvalue weighted by molar-refractivity contribution is 0.0590. The first-order valence-electron chi connectivity index (χ1n) is 14.1. The minimum Gasteiger partial charge on any atom is -0.328 e. The third-order valence-corrected chi connectivity index (χ3v) is 8.22. The van der Waals surface area contributed by atoms with Gasteiger partial charge in [-0.3, -0.25) is 9.69 Å². The molecule has 4 aromatic rings. The number of nitrogens with zero attached hydrogens (tertiary/aromatic N) is 4. The van der Waals surface area contributed by atoms with E-state index in [1.165, 1.54) is 42.5 Å². The van der Waals surface area contributed by atoms with Gasteiger partial charge in [0.25, 0.3) is 5.91 Å². The first-order chi connectivity index (χ1) is 19.1. The fourth-order valence-electron chi connectivity index (χ4n) is 6.18. The maximum Gasteiger partial charge on any atom is 0.257 e. The third-order valence-electron chi connectivity index (χ3n) is 8.22. The van der Waals surface area contributed by atoms with Gasteiger partial charge in [-0.1, -0.05) is 48.9 Å². The van der Waals surface area contributed by atoms with Gasteiger partial charge in [-0.25, -0.2) is 13.8 Å². The Kier molecular flexibility index (Phi) is 7.42. The highest BCUT2D eigenvalue weighted by molar-refractivity contribution is 5.95. The highest BCUT2D eigenvalue weighted by atomic mass is 19.2. The molecule has 0 N–H and O–H groups in total. The number of halogens is 2. The van der Waals surface area contributed by atoms with E-state index in [4.69, 9.17) is 4.98 Å². The molecule has 3 aromatic carbocycles. The van der Waals surface area contributed by atoms with Crippen molar-refractivity contribution < 1.29 is 13.6 Å². The molecule has 5 nitrogen and oxygen atoms in total. The van der Waals surface area contributed by atoms with Crippen molar-refractivity contribution in [1.82, 2.24) is 19.4 Å². The highest BCUT2D eigenvalue weighted by Crippen LogP contribution is 2.35. The summed E-state index contributed by atoms with van der Waals surface area (Å²) in [7, 11) is 0. The van der Waals surface area contributed by atoms with Gasteiger partial charge in [0.1, 0.15) is 5.82 Å². The summed E-state index contributed by atoms with van der Waals surface area (Å²) in [6.45, 7) is 4.29. The van der Waals surface area contributed by atoms with Crippen LogP contribution in [0.3, 0.4) is 0 Å². The molecule has 3 heterocycles. The number of carbonyl (C=O) groups excluding carboxylic acids is 1. The van der Waals surface area contributed by atoms with Crippen LogP contribution in [-0.2, 0) is 13.1 Å². The molecule has 0 aliphatic carbocycles. The minimum atomic E-state index is -1.09. The van der Waals surface area contributed by atoms with Gasteiger partial charge in [0, 0.05) is 19.6 Å². The van der Waals surface area contributed by atoms with Crippen LogP contribution in [0, 0.1) is 11.6 Å². The smallest absolute Gasteiger partial charge is 0.257 e. The number of piperidine rings is 2. The number of imidazole rings is 1. The van der Waals surface area contributed by atoms with E-state index in [-0.39, 0.29) is 11.6 Å². The van der Waals surface area contributed by atoms with Crippen molar-refractivity contribution in [2.24, 2.45) is 0 Å². The van der Waals surface area contributed by atoms with Crippen LogP contribution in [0.15, 0.2) is 66.7 Å². The second kappa shape index (κ2) is 11.3. The zero-order valence-corrected chi connectivity index (χ0v) is 22.2. The molecule has 7 heteroatoms. The fourth-order valence-corrected chi connectivity index (χ4v) is 6.18. The maximum absolute atomic E-state index is 14.7. The summed E-state index contributed by atoms with van der Waals surface area (Å²) in [5.41, 5.74) is 4.20. The molecule has 2 saturated heterocycles. The van der Waals surface area contributed by atoms with Crippen molar-refractivity contribution in [3.63, 3.8) is 0 Å². The minimum absolute atomic E-state index is 0.226. The normalized spacial score (nSPS) is 18.5. The van der Waals surface area contributed by atoms with Gasteiger partial charge in [0.05, 0.1) is 22.6 Å². The van der Waals surface area contributed by atoms with E-state index in [0.717, 1.165) is 61.8 Å². The second-order valence-electron chi connectivity index (χ2n) is 10.8. The molecule has 1 unspecified atom stereocenters. The Morgan fingerprint density at radius 2 is 1.51 bits per heavy atom. The summed E-state index contributed by atoms with van der Waals surface area (Å²) in [6, 6.07) is 20.1.